The number of benzene rings is 2. The van der Waals surface area contributed by atoms with Gasteiger partial charge in [-0.1, -0.05) is 30.1 Å². The first kappa shape index (κ1) is 28.3. The number of thioether (sulfide) groups is 1. The van der Waals surface area contributed by atoms with Crippen molar-refractivity contribution in [2.24, 2.45) is 0 Å². The molecular weight excluding hydrogens is 550 g/mol. The molecule has 2 saturated heterocycles. The van der Waals surface area contributed by atoms with E-state index in [1.165, 1.54) is 11.8 Å². The Morgan fingerprint density at radius 1 is 1.07 bits per heavy atom. The Bertz CT molecular complexity index is 1390. The van der Waals surface area contributed by atoms with Gasteiger partial charge in [-0.3, -0.25) is 19.4 Å². The maximum absolute atomic E-state index is 14.8. The molecule has 2 aromatic carbocycles. The Hall–Kier alpha value is -3.28. The van der Waals surface area contributed by atoms with Crippen molar-refractivity contribution in [1.29, 1.82) is 0 Å². The summed E-state index contributed by atoms with van der Waals surface area (Å²) in [5, 5.41) is 0. The third-order valence-electron chi connectivity index (χ3n) is 8.13. The standard InChI is InChI=1S/C29H33N3O6S2/c1-8-12-32-26(34)29(40-27(32)39)20(17-13-22(35-5)24(37-7)23(14-17)36-6)16-30(3)28(29)19-15-18(38-9-2)10-11-21(19)31(4)25(28)33/h8,10-11,13-15,20H,1,9,12,16H2,2-7H3/t20-,28-,29+/m1/s1. The second kappa shape index (κ2) is 10.3. The largest absolute Gasteiger partial charge is 0.494 e. The monoisotopic (exact) mass is 583 g/mol. The van der Waals surface area contributed by atoms with Gasteiger partial charge in [0.05, 0.1) is 27.9 Å². The molecule has 0 saturated carbocycles. The van der Waals surface area contributed by atoms with Crippen LogP contribution in [-0.4, -0.2) is 85.8 Å². The van der Waals surface area contributed by atoms with Gasteiger partial charge in [-0.05, 0) is 49.9 Å². The van der Waals surface area contributed by atoms with Gasteiger partial charge in [0, 0.05) is 37.3 Å². The molecule has 212 valence electrons. The van der Waals surface area contributed by atoms with Gasteiger partial charge in [-0.15, -0.1) is 6.58 Å². The molecule has 3 heterocycles. The highest BCUT2D eigenvalue weighted by atomic mass is 32.2. The lowest BCUT2D eigenvalue weighted by Crippen LogP contribution is -2.62. The molecule has 3 atom stereocenters. The van der Waals surface area contributed by atoms with Crippen molar-refractivity contribution >= 4 is 45.8 Å². The van der Waals surface area contributed by atoms with E-state index in [4.69, 9.17) is 31.2 Å². The lowest BCUT2D eigenvalue weighted by molar-refractivity contribution is -0.138. The van der Waals surface area contributed by atoms with Gasteiger partial charge in [0.15, 0.2) is 17.0 Å². The second-order valence-electron chi connectivity index (χ2n) is 9.89. The molecule has 0 aliphatic carbocycles. The molecule has 0 unspecified atom stereocenters. The van der Waals surface area contributed by atoms with Gasteiger partial charge in [0.2, 0.25) is 11.7 Å². The van der Waals surface area contributed by atoms with E-state index in [0.717, 1.165) is 11.3 Å². The first-order valence-corrected chi connectivity index (χ1v) is 14.1. The number of hydrogen-bond acceptors (Lipinski definition) is 9. The number of hydrogen-bond donors (Lipinski definition) is 0. The summed E-state index contributed by atoms with van der Waals surface area (Å²) in [6, 6.07) is 9.33. The van der Waals surface area contributed by atoms with Crippen LogP contribution < -0.4 is 23.8 Å². The molecule has 2 fully saturated rings. The summed E-state index contributed by atoms with van der Waals surface area (Å²) in [6.45, 7) is 6.84. The smallest absolute Gasteiger partial charge is 0.254 e. The Kier molecular flexibility index (Phi) is 7.26. The van der Waals surface area contributed by atoms with Crippen LogP contribution in [0, 0.1) is 0 Å². The maximum atomic E-state index is 14.8. The number of methoxy groups -OCH3 is 3. The topological polar surface area (TPSA) is 80.8 Å². The van der Waals surface area contributed by atoms with Crippen molar-refractivity contribution in [3.63, 3.8) is 0 Å². The maximum Gasteiger partial charge on any atom is 0.254 e. The number of nitrogens with zero attached hydrogens (tertiary/aromatic N) is 3. The van der Waals surface area contributed by atoms with Crippen LogP contribution in [0.5, 0.6) is 23.0 Å². The van der Waals surface area contributed by atoms with Crippen LogP contribution in [0.2, 0.25) is 0 Å². The molecule has 2 aromatic rings. The van der Waals surface area contributed by atoms with Crippen molar-refractivity contribution in [1.82, 2.24) is 9.80 Å². The van der Waals surface area contributed by atoms with Gasteiger partial charge < -0.3 is 23.8 Å². The van der Waals surface area contributed by atoms with E-state index in [-0.39, 0.29) is 18.4 Å². The van der Waals surface area contributed by atoms with E-state index in [0.29, 0.717) is 46.0 Å². The van der Waals surface area contributed by atoms with Crippen molar-refractivity contribution in [3.05, 3.63) is 54.1 Å². The third-order valence-corrected chi connectivity index (χ3v) is 10.1. The number of rotatable bonds is 8. The predicted octanol–water partition coefficient (Wildman–Crippen LogP) is 3.80. The SMILES string of the molecule is C=CCN1C(=O)[C@@]2(SC1=S)[C@@H](c1cc(OC)c(OC)c(OC)c1)CN(C)[C@]21C(=O)N(C)c2ccc(OCC)cc21. The van der Waals surface area contributed by atoms with Crippen molar-refractivity contribution < 1.29 is 28.5 Å². The molecule has 0 bridgehead atoms. The number of likely N-dealkylation sites (tertiary alicyclic amines) is 1. The van der Waals surface area contributed by atoms with Crippen LogP contribution in [0.3, 0.4) is 0 Å². The highest BCUT2D eigenvalue weighted by molar-refractivity contribution is 8.25. The van der Waals surface area contributed by atoms with Crippen LogP contribution in [0.15, 0.2) is 43.0 Å². The molecule has 11 heteroatoms. The number of likely N-dealkylation sites (N-methyl/N-ethyl adjacent to an activating group) is 2. The summed E-state index contributed by atoms with van der Waals surface area (Å²) in [5.74, 6) is 1.09. The molecule has 2 spiro atoms. The van der Waals surface area contributed by atoms with E-state index < -0.39 is 16.2 Å². The fourth-order valence-corrected chi connectivity index (χ4v) is 8.67. The number of fused-ring (bicyclic) bond motifs is 3. The van der Waals surface area contributed by atoms with Gasteiger partial charge in [-0.25, -0.2) is 0 Å². The second-order valence-corrected chi connectivity index (χ2v) is 11.8. The summed E-state index contributed by atoms with van der Waals surface area (Å²) in [7, 11) is 8.28. The summed E-state index contributed by atoms with van der Waals surface area (Å²) in [4.78, 5) is 34.6. The normalized spacial score (nSPS) is 25.8. The number of thiocarbonyl (C=S) groups is 1. The molecule has 9 nitrogen and oxygen atoms in total. The van der Waals surface area contributed by atoms with Crippen LogP contribution >= 0.6 is 24.0 Å². The summed E-state index contributed by atoms with van der Waals surface area (Å²) in [5.41, 5.74) is 0.850. The molecule has 2 amide bonds. The predicted molar refractivity (Wildman–Crippen MR) is 159 cm³/mol. The minimum Gasteiger partial charge on any atom is -0.494 e. The van der Waals surface area contributed by atoms with Crippen LogP contribution in [0.4, 0.5) is 5.69 Å². The number of ether oxygens (including phenoxy) is 4. The average Bonchev–Trinajstić information content (AvgIpc) is 3.45. The number of anilines is 1. The van der Waals surface area contributed by atoms with Gasteiger partial charge >= 0.3 is 0 Å². The van der Waals surface area contributed by atoms with Gasteiger partial charge in [-0.2, -0.15) is 0 Å². The number of carbonyl (C=O) groups is 2. The zero-order valence-corrected chi connectivity index (χ0v) is 25.1. The zero-order chi connectivity index (χ0) is 29.0. The Labute approximate surface area is 244 Å². The minimum atomic E-state index is -1.36. The van der Waals surface area contributed by atoms with Gasteiger partial charge in [0.1, 0.15) is 14.8 Å². The minimum absolute atomic E-state index is 0.197. The van der Waals surface area contributed by atoms with Crippen LogP contribution in [0.1, 0.15) is 24.0 Å². The zero-order valence-electron chi connectivity index (χ0n) is 23.5. The molecule has 3 aliphatic heterocycles. The van der Waals surface area contributed by atoms with Crippen LogP contribution in [0.25, 0.3) is 0 Å². The molecule has 0 aromatic heterocycles. The lowest BCUT2D eigenvalue weighted by Gasteiger charge is -2.42. The lowest BCUT2D eigenvalue weighted by atomic mass is 9.72. The average molecular weight is 584 g/mol. The molecule has 40 heavy (non-hydrogen) atoms. The van der Waals surface area contributed by atoms with Crippen molar-refractivity contribution in [3.8, 4) is 23.0 Å². The summed E-state index contributed by atoms with van der Waals surface area (Å²) >= 11 is 7.08. The molecule has 3 aliphatic rings. The Morgan fingerprint density at radius 2 is 1.75 bits per heavy atom. The Balaban J connectivity index is 1.84. The van der Waals surface area contributed by atoms with E-state index in [1.807, 2.05) is 49.2 Å². The summed E-state index contributed by atoms with van der Waals surface area (Å²) < 4.78 is 21.8. The fraction of sp³-hybridized carbons (Fsp3) is 0.414. The first-order valence-electron chi connectivity index (χ1n) is 12.9. The summed E-state index contributed by atoms with van der Waals surface area (Å²) in [6.07, 6.45) is 1.65. The third kappa shape index (κ3) is 3.53. The van der Waals surface area contributed by atoms with E-state index in [1.54, 1.807) is 44.3 Å². The molecule has 0 radical (unpaired) electrons. The first-order chi connectivity index (χ1) is 19.2. The fourth-order valence-electron chi connectivity index (χ4n) is 6.52. The number of carbonyl (C=O) groups excluding carboxylic acids is 2. The highest BCUT2D eigenvalue weighted by Crippen LogP contribution is 2.67. The highest BCUT2D eigenvalue weighted by Gasteiger charge is 2.78. The van der Waals surface area contributed by atoms with Gasteiger partial charge in [0.25, 0.3) is 5.91 Å². The van der Waals surface area contributed by atoms with E-state index in [9.17, 15) is 9.59 Å². The molecule has 5 rings (SSSR count). The molecule has 0 N–H and O–H groups in total. The quantitative estimate of drug-likeness (QED) is 0.341. The van der Waals surface area contributed by atoms with Crippen molar-refractivity contribution in [2.75, 3.05) is 60.0 Å². The van der Waals surface area contributed by atoms with Crippen LogP contribution in [-0.2, 0) is 15.1 Å². The molecular formula is C29H33N3O6S2. The van der Waals surface area contributed by atoms with Crippen molar-refractivity contribution in [2.45, 2.75) is 23.1 Å². The van der Waals surface area contributed by atoms with E-state index >= 15 is 0 Å². The Morgan fingerprint density at radius 3 is 2.33 bits per heavy atom. The number of amides is 2. The van der Waals surface area contributed by atoms with E-state index in [2.05, 4.69) is 6.58 Å².